The molecule has 4 aromatic rings. The van der Waals surface area contributed by atoms with Crippen molar-refractivity contribution >= 4 is 22.5 Å². The second-order valence-corrected chi connectivity index (χ2v) is 10.1. The van der Waals surface area contributed by atoms with Crippen molar-refractivity contribution in [1.82, 2.24) is 9.38 Å². The third-order valence-corrected chi connectivity index (χ3v) is 7.31. The molecule has 1 N–H and O–H groups in total. The third kappa shape index (κ3) is 4.49. The van der Waals surface area contributed by atoms with E-state index in [1.165, 1.54) is 21.8 Å². The number of nitrogens with one attached hydrogen (secondary N) is 1. The largest absolute Gasteiger partial charge is 0.346 e. The van der Waals surface area contributed by atoms with Gasteiger partial charge >= 0.3 is 0 Å². The molecule has 2 aromatic heterocycles. The first-order chi connectivity index (χ1) is 17.0. The molecule has 1 aliphatic heterocycles. The summed E-state index contributed by atoms with van der Waals surface area (Å²) < 4.78 is 15.5. The lowest BCUT2D eigenvalue weighted by atomic mass is 9.96. The van der Waals surface area contributed by atoms with Crippen LogP contribution in [0.4, 0.5) is 10.2 Å². The Hall–Kier alpha value is -3.43. The Balaban J connectivity index is 1.55. The summed E-state index contributed by atoms with van der Waals surface area (Å²) in [6.07, 6.45) is 2.02. The smallest absolute Gasteiger partial charge is 0.157 e. The van der Waals surface area contributed by atoms with Crippen LogP contribution >= 0.6 is 0 Å². The molecule has 35 heavy (non-hydrogen) atoms. The molecule has 0 unspecified atom stereocenters. The number of hydrogen-bond acceptors (Lipinski definition) is 3. The quantitative estimate of drug-likeness (QED) is 0.457. The van der Waals surface area contributed by atoms with E-state index in [0.29, 0.717) is 11.5 Å². The molecule has 1 saturated heterocycles. The van der Waals surface area contributed by atoms with Crippen LogP contribution in [-0.2, 0) is 13.0 Å². The van der Waals surface area contributed by atoms with Crippen LogP contribution in [0.1, 0.15) is 42.5 Å². The van der Waals surface area contributed by atoms with Crippen LogP contribution in [0.25, 0.3) is 16.7 Å². The van der Waals surface area contributed by atoms with Crippen LogP contribution < -0.4 is 9.80 Å². The van der Waals surface area contributed by atoms with E-state index in [1.807, 2.05) is 30.3 Å². The lowest BCUT2D eigenvalue weighted by Crippen LogP contribution is -3.13. The van der Waals surface area contributed by atoms with Gasteiger partial charge in [0.25, 0.3) is 0 Å². The Kier molecular flexibility index (Phi) is 6.44. The maximum absolute atomic E-state index is 13.3. The van der Waals surface area contributed by atoms with Crippen LogP contribution in [0.5, 0.6) is 0 Å². The van der Waals surface area contributed by atoms with Crippen molar-refractivity contribution in [2.75, 3.05) is 31.1 Å². The minimum Gasteiger partial charge on any atom is -0.346 e. The first-order valence-corrected chi connectivity index (χ1v) is 12.6. The molecule has 180 valence electrons. The molecule has 6 heteroatoms. The zero-order chi connectivity index (χ0) is 24.5. The monoisotopic (exact) mass is 470 g/mol. The van der Waals surface area contributed by atoms with Crippen molar-refractivity contribution in [1.29, 1.82) is 5.26 Å². The number of pyridine rings is 1. The van der Waals surface area contributed by atoms with Gasteiger partial charge < -0.3 is 9.80 Å². The molecular weight excluding hydrogens is 437 g/mol. The number of quaternary nitrogens is 1. The fraction of sp³-hybridized carbons (Fsp3) is 0.379. The summed E-state index contributed by atoms with van der Waals surface area (Å²) in [6, 6.07) is 17.5. The number of halogens is 1. The van der Waals surface area contributed by atoms with Crippen molar-refractivity contribution < 1.29 is 9.29 Å². The standard InChI is InChI=1S/C29H32FN5/c1-20(2)8-13-24-21(3)25(18-31)28-32-26-6-4-5-7-27(26)35(28)29(24)34-16-14-33(15-17-34)19-22-9-11-23(30)12-10-22/h4-7,9-12,20H,8,13-17,19H2,1-3H3/p+1. The number of rotatable bonds is 6. The van der Waals surface area contributed by atoms with E-state index < -0.39 is 0 Å². The van der Waals surface area contributed by atoms with Crippen molar-refractivity contribution in [3.05, 3.63) is 76.6 Å². The molecule has 5 nitrogen and oxygen atoms in total. The molecule has 3 heterocycles. The summed E-state index contributed by atoms with van der Waals surface area (Å²) in [4.78, 5) is 8.90. The highest BCUT2D eigenvalue weighted by atomic mass is 19.1. The number of fused-ring (bicyclic) bond motifs is 3. The van der Waals surface area contributed by atoms with Gasteiger partial charge in [0.1, 0.15) is 24.2 Å². The Labute approximate surface area is 206 Å². The SMILES string of the molecule is Cc1c(CCC(C)C)c(N2CC[NH+](Cc3ccc(F)cc3)CC2)n2c(nc3ccccc32)c1C#N. The van der Waals surface area contributed by atoms with Crippen LogP contribution in [0.2, 0.25) is 0 Å². The van der Waals surface area contributed by atoms with Crippen molar-refractivity contribution in [3.8, 4) is 6.07 Å². The second-order valence-electron chi connectivity index (χ2n) is 10.1. The number of nitrogens with zero attached hydrogens (tertiary/aromatic N) is 4. The predicted molar refractivity (Wildman–Crippen MR) is 138 cm³/mol. The van der Waals surface area contributed by atoms with Gasteiger partial charge in [-0.2, -0.15) is 5.26 Å². The molecule has 0 spiro atoms. The summed E-state index contributed by atoms with van der Waals surface area (Å²) in [5.74, 6) is 1.60. The van der Waals surface area contributed by atoms with E-state index >= 15 is 0 Å². The first-order valence-electron chi connectivity index (χ1n) is 12.6. The van der Waals surface area contributed by atoms with Gasteiger partial charge in [-0.05, 0) is 61.1 Å². The number of piperazine rings is 1. The summed E-state index contributed by atoms with van der Waals surface area (Å²) in [7, 11) is 0. The lowest BCUT2D eigenvalue weighted by molar-refractivity contribution is -0.914. The molecule has 0 saturated carbocycles. The Morgan fingerprint density at radius 1 is 1.09 bits per heavy atom. The highest BCUT2D eigenvalue weighted by Gasteiger charge is 2.28. The lowest BCUT2D eigenvalue weighted by Gasteiger charge is -2.36. The topological polar surface area (TPSA) is 48.8 Å². The molecule has 0 radical (unpaired) electrons. The average Bonchev–Trinajstić information content (AvgIpc) is 3.23. The third-order valence-electron chi connectivity index (χ3n) is 7.31. The fourth-order valence-electron chi connectivity index (χ4n) is 5.33. The molecule has 1 fully saturated rings. The van der Waals surface area contributed by atoms with Gasteiger partial charge in [-0.15, -0.1) is 0 Å². The van der Waals surface area contributed by atoms with E-state index in [1.54, 1.807) is 12.1 Å². The van der Waals surface area contributed by atoms with Crippen molar-refractivity contribution in [3.63, 3.8) is 0 Å². The molecular formula is C29H33FN5+. The minimum atomic E-state index is -0.185. The summed E-state index contributed by atoms with van der Waals surface area (Å²) in [6.45, 7) is 11.4. The minimum absolute atomic E-state index is 0.185. The molecule has 0 bridgehead atoms. The average molecular weight is 471 g/mol. The number of aromatic nitrogens is 2. The van der Waals surface area contributed by atoms with Crippen molar-refractivity contribution in [2.45, 2.75) is 40.2 Å². The maximum atomic E-state index is 13.3. The Bertz CT molecular complexity index is 1390. The van der Waals surface area contributed by atoms with Crippen molar-refractivity contribution in [2.24, 2.45) is 5.92 Å². The summed E-state index contributed by atoms with van der Waals surface area (Å²) >= 11 is 0. The molecule has 0 atom stereocenters. The zero-order valence-corrected chi connectivity index (χ0v) is 20.8. The molecule has 0 amide bonds. The summed E-state index contributed by atoms with van der Waals surface area (Å²) in [5, 5.41) is 10.1. The van der Waals surface area contributed by atoms with E-state index in [2.05, 4.69) is 42.2 Å². The maximum Gasteiger partial charge on any atom is 0.157 e. The second kappa shape index (κ2) is 9.67. The van der Waals surface area contributed by atoms with E-state index in [4.69, 9.17) is 4.98 Å². The highest BCUT2D eigenvalue weighted by Crippen LogP contribution is 2.34. The van der Waals surface area contributed by atoms with Gasteiger partial charge in [-0.3, -0.25) is 4.40 Å². The fourth-order valence-corrected chi connectivity index (χ4v) is 5.33. The number of hydrogen-bond donors (Lipinski definition) is 1. The Morgan fingerprint density at radius 3 is 2.49 bits per heavy atom. The van der Waals surface area contributed by atoms with Gasteiger partial charge in [0.05, 0.1) is 42.8 Å². The van der Waals surface area contributed by atoms with Crippen LogP contribution in [-0.4, -0.2) is 35.6 Å². The molecule has 0 aliphatic carbocycles. The number of imidazole rings is 1. The molecule has 1 aliphatic rings. The number of benzene rings is 2. The van der Waals surface area contributed by atoms with Gasteiger partial charge in [-0.25, -0.2) is 9.37 Å². The van der Waals surface area contributed by atoms with Gasteiger partial charge in [-0.1, -0.05) is 38.1 Å². The van der Waals surface area contributed by atoms with Gasteiger partial charge in [0, 0.05) is 5.56 Å². The van der Waals surface area contributed by atoms with Crippen LogP contribution in [0.15, 0.2) is 48.5 Å². The zero-order valence-electron chi connectivity index (χ0n) is 20.8. The van der Waals surface area contributed by atoms with Gasteiger partial charge in [0.15, 0.2) is 5.65 Å². The van der Waals surface area contributed by atoms with Crippen LogP contribution in [0, 0.1) is 30.0 Å². The Morgan fingerprint density at radius 2 is 1.80 bits per heavy atom. The first kappa shape index (κ1) is 23.3. The summed E-state index contributed by atoms with van der Waals surface area (Å²) in [5.41, 5.74) is 6.93. The number of para-hydroxylation sites is 2. The normalized spacial score (nSPS) is 14.8. The molecule has 5 rings (SSSR count). The number of anilines is 1. The van der Waals surface area contributed by atoms with E-state index in [-0.39, 0.29) is 5.82 Å². The number of nitriles is 1. The molecule has 2 aromatic carbocycles. The highest BCUT2D eigenvalue weighted by molar-refractivity contribution is 5.86. The van der Waals surface area contributed by atoms with Crippen LogP contribution in [0.3, 0.4) is 0 Å². The van der Waals surface area contributed by atoms with E-state index in [9.17, 15) is 9.65 Å². The van der Waals surface area contributed by atoms with Gasteiger partial charge in [0.2, 0.25) is 0 Å². The van der Waals surface area contributed by atoms with E-state index in [0.717, 1.165) is 67.8 Å². The predicted octanol–water partition coefficient (Wildman–Crippen LogP) is 4.30.